The Hall–Kier alpha value is -2.56. The van der Waals surface area contributed by atoms with Gasteiger partial charge in [0.1, 0.15) is 5.56 Å². The van der Waals surface area contributed by atoms with E-state index in [9.17, 15) is 9.59 Å². The van der Waals surface area contributed by atoms with Gasteiger partial charge in [0.25, 0.3) is 5.56 Å². The van der Waals surface area contributed by atoms with E-state index in [4.69, 9.17) is 5.73 Å². The number of benzene rings is 1. The lowest BCUT2D eigenvalue weighted by molar-refractivity contribution is 0.0598. The minimum atomic E-state index is -0.659. The molecular formula is C13H12N2O3. The molecule has 0 aliphatic heterocycles. The molecule has 2 rings (SSSR count). The van der Waals surface area contributed by atoms with Crippen molar-refractivity contribution in [1.82, 2.24) is 4.98 Å². The van der Waals surface area contributed by atoms with E-state index in [1.165, 1.54) is 13.2 Å². The van der Waals surface area contributed by atoms with Crippen LogP contribution in [-0.2, 0) is 4.74 Å². The van der Waals surface area contributed by atoms with Crippen LogP contribution in [0.15, 0.2) is 41.3 Å². The molecule has 18 heavy (non-hydrogen) atoms. The lowest BCUT2D eigenvalue weighted by Crippen LogP contribution is -2.18. The van der Waals surface area contributed by atoms with Crippen LogP contribution in [0.25, 0.3) is 11.1 Å². The molecule has 0 aliphatic rings. The van der Waals surface area contributed by atoms with E-state index in [1.807, 2.05) is 12.1 Å². The SMILES string of the molecule is COC(=O)c1cc(-c2ccc(N)cc2)c[nH]c1=O. The zero-order chi connectivity index (χ0) is 13.1. The van der Waals surface area contributed by atoms with Crippen molar-refractivity contribution in [3.8, 4) is 11.1 Å². The van der Waals surface area contributed by atoms with Crippen LogP contribution < -0.4 is 11.3 Å². The number of nitrogens with two attached hydrogens (primary N) is 1. The van der Waals surface area contributed by atoms with E-state index >= 15 is 0 Å². The summed E-state index contributed by atoms with van der Waals surface area (Å²) in [5.74, 6) is -0.659. The highest BCUT2D eigenvalue weighted by Gasteiger charge is 2.11. The molecule has 0 unspecified atom stereocenters. The summed E-state index contributed by atoms with van der Waals surface area (Å²) in [4.78, 5) is 25.4. The summed E-state index contributed by atoms with van der Waals surface area (Å²) in [6.07, 6.45) is 1.54. The van der Waals surface area contributed by atoms with Gasteiger partial charge >= 0.3 is 5.97 Å². The zero-order valence-electron chi connectivity index (χ0n) is 9.77. The van der Waals surface area contributed by atoms with Gasteiger partial charge in [-0.3, -0.25) is 4.79 Å². The summed E-state index contributed by atoms with van der Waals surface area (Å²) < 4.78 is 4.55. The van der Waals surface area contributed by atoms with Crippen LogP contribution in [0.2, 0.25) is 0 Å². The van der Waals surface area contributed by atoms with Crippen LogP contribution in [0.5, 0.6) is 0 Å². The molecule has 1 aromatic heterocycles. The quantitative estimate of drug-likeness (QED) is 0.617. The number of ether oxygens (including phenoxy) is 1. The average Bonchev–Trinajstić information content (AvgIpc) is 2.39. The minimum Gasteiger partial charge on any atom is -0.465 e. The molecule has 0 saturated heterocycles. The fourth-order valence-corrected chi connectivity index (χ4v) is 1.59. The highest BCUT2D eigenvalue weighted by Crippen LogP contribution is 2.19. The number of H-pyrrole nitrogens is 1. The number of anilines is 1. The number of carbonyl (C=O) groups is 1. The monoisotopic (exact) mass is 244 g/mol. The van der Waals surface area contributed by atoms with Gasteiger partial charge in [-0.25, -0.2) is 4.79 Å². The number of esters is 1. The summed E-state index contributed by atoms with van der Waals surface area (Å²) in [7, 11) is 1.23. The number of hydrogen-bond donors (Lipinski definition) is 2. The lowest BCUT2D eigenvalue weighted by atomic mass is 10.1. The van der Waals surface area contributed by atoms with E-state index < -0.39 is 11.5 Å². The van der Waals surface area contributed by atoms with E-state index in [0.717, 1.165) is 11.1 Å². The zero-order valence-corrected chi connectivity index (χ0v) is 9.77. The van der Waals surface area contributed by atoms with Crippen molar-refractivity contribution in [3.63, 3.8) is 0 Å². The number of rotatable bonds is 2. The number of pyridine rings is 1. The van der Waals surface area contributed by atoms with E-state index in [-0.39, 0.29) is 5.56 Å². The number of methoxy groups -OCH3 is 1. The number of aromatic nitrogens is 1. The van der Waals surface area contributed by atoms with E-state index in [2.05, 4.69) is 9.72 Å². The molecule has 5 nitrogen and oxygen atoms in total. The van der Waals surface area contributed by atoms with Crippen molar-refractivity contribution in [2.45, 2.75) is 0 Å². The molecular weight excluding hydrogens is 232 g/mol. The molecule has 0 fully saturated rings. The van der Waals surface area contributed by atoms with Gasteiger partial charge in [0.15, 0.2) is 0 Å². The molecule has 0 bridgehead atoms. The Labute approximate surface area is 103 Å². The smallest absolute Gasteiger partial charge is 0.343 e. The highest BCUT2D eigenvalue weighted by atomic mass is 16.5. The second-order valence-electron chi connectivity index (χ2n) is 3.74. The Bertz CT molecular complexity index is 629. The minimum absolute atomic E-state index is 0.0215. The predicted molar refractivity (Wildman–Crippen MR) is 68.3 cm³/mol. The van der Waals surface area contributed by atoms with Crippen LogP contribution in [0.4, 0.5) is 5.69 Å². The van der Waals surface area contributed by atoms with Gasteiger partial charge in [0.05, 0.1) is 7.11 Å². The first kappa shape index (κ1) is 11.9. The number of carbonyl (C=O) groups excluding carboxylic acids is 1. The molecule has 0 amide bonds. The number of nitrogen functional groups attached to an aromatic ring is 1. The molecule has 2 aromatic rings. The van der Waals surface area contributed by atoms with Crippen molar-refractivity contribution in [2.24, 2.45) is 0 Å². The maximum absolute atomic E-state index is 11.5. The van der Waals surface area contributed by atoms with Gasteiger partial charge in [-0.15, -0.1) is 0 Å². The van der Waals surface area contributed by atoms with Crippen molar-refractivity contribution in [2.75, 3.05) is 12.8 Å². The molecule has 0 radical (unpaired) electrons. The average molecular weight is 244 g/mol. The van der Waals surface area contributed by atoms with Crippen LogP contribution in [0.1, 0.15) is 10.4 Å². The first-order valence-electron chi connectivity index (χ1n) is 5.29. The maximum Gasteiger partial charge on any atom is 0.343 e. The third-order valence-corrected chi connectivity index (χ3v) is 2.55. The summed E-state index contributed by atoms with van der Waals surface area (Å²) >= 11 is 0. The van der Waals surface area contributed by atoms with Crippen molar-refractivity contribution in [3.05, 3.63) is 52.4 Å². The highest BCUT2D eigenvalue weighted by molar-refractivity contribution is 5.90. The molecule has 3 N–H and O–H groups in total. The summed E-state index contributed by atoms with van der Waals surface area (Å²) in [5, 5.41) is 0. The van der Waals surface area contributed by atoms with Gasteiger partial charge in [-0.2, -0.15) is 0 Å². The van der Waals surface area contributed by atoms with Gasteiger partial charge in [0.2, 0.25) is 0 Å². The van der Waals surface area contributed by atoms with Crippen LogP contribution >= 0.6 is 0 Å². The fourth-order valence-electron chi connectivity index (χ4n) is 1.59. The molecule has 1 heterocycles. The van der Waals surface area contributed by atoms with E-state index in [0.29, 0.717) is 5.69 Å². The molecule has 0 spiro atoms. The Morgan fingerprint density at radius 1 is 1.22 bits per heavy atom. The maximum atomic E-state index is 11.5. The second kappa shape index (κ2) is 4.75. The standard InChI is InChI=1S/C13H12N2O3/c1-18-13(17)11-6-9(7-15-12(11)16)8-2-4-10(14)5-3-8/h2-7H,14H2,1H3,(H,15,16). The van der Waals surface area contributed by atoms with Crippen molar-refractivity contribution in [1.29, 1.82) is 0 Å². The number of aromatic amines is 1. The predicted octanol–water partition coefficient (Wildman–Crippen LogP) is 1.41. The van der Waals surface area contributed by atoms with E-state index in [1.54, 1.807) is 18.3 Å². The van der Waals surface area contributed by atoms with Crippen LogP contribution in [-0.4, -0.2) is 18.1 Å². The molecule has 5 heteroatoms. The van der Waals surface area contributed by atoms with Crippen molar-refractivity contribution < 1.29 is 9.53 Å². The largest absolute Gasteiger partial charge is 0.465 e. The lowest BCUT2D eigenvalue weighted by Gasteiger charge is -2.04. The summed E-state index contributed by atoms with van der Waals surface area (Å²) in [6.45, 7) is 0. The second-order valence-corrected chi connectivity index (χ2v) is 3.74. The Morgan fingerprint density at radius 3 is 2.50 bits per heavy atom. The van der Waals surface area contributed by atoms with Gasteiger partial charge in [0, 0.05) is 11.9 Å². The first-order valence-corrected chi connectivity index (χ1v) is 5.29. The van der Waals surface area contributed by atoms with Crippen LogP contribution in [0.3, 0.4) is 0 Å². The molecule has 0 aliphatic carbocycles. The Balaban J connectivity index is 2.50. The van der Waals surface area contributed by atoms with Crippen molar-refractivity contribution >= 4 is 11.7 Å². The normalized spacial score (nSPS) is 10.1. The summed E-state index contributed by atoms with van der Waals surface area (Å²) in [6, 6.07) is 8.61. The third kappa shape index (κ3) is 2.24. The topological polar surface area (TPSA) is 85.2 Å². The van der Waals surface area contributed by atoms with Crippen LogP contribution in [0, 0.1) is 0 Å². The van der Waals surface area contributed by atoms with Gasteiger partial charge in [-0.1, -0.05) is 12.1 Å². The number of hydrogen-bond acceptors (Lipinski definition) is 4. The van der Waals surface area contributed by atoms with Gasteiger partial charge < -0.3 is 15.5 Å². The number of nitrogens with one attached hydrogen (secondary N) is 1. The van der Waals surface area contributed by atoms with Gasteiger partial charge in [-0.05, 0) is 29.3 Å². The molecule has 0 atom stereocenters. The molecule has 92 valence electrons. The molecule has 0 saturated carbocycles. The molecule has 1 aromatic carbocycles. The fraction of sp³-hybridized carbons (Fsp3) is 0.0769. The first-order chi connectivity index (χ1) is 8.61. The Kier molecular flexibility index (Phi) is 3.14. The third-order valence-electron chi connectivity index (χ3n) is 2.55. The summed E-state index contributed by atoms with van der Waals surface area (Å²) in [5.41, 5.74) is 7.32. The Morgan fingerprint density at radius 2 is 1.89 bits per heavy atom.